The maximum atomic E-state index is 10.9. The molecule has 1 amide bonds. The Bertz CT molecular complexity index is 170. The van der Waals surface area contributed by atoms with Gasteiger partial charge in [-0.3, -0.25) is 0 Å². The van der Waals surface area contributed by atoms with Gasteiger partial charge in [0.05, 0.1) is 13.2 Å². The van der Waals surface area contributed by atoms with Crippen LogP contribution in [0.5, 0.6) is 0 Å². The molecule has 5 heteroatoms. The molecule has 0 saturated carbocycles. The molecule has 0 fully saturated rings. The predicted octanol–water partition coefficient (Wildman–Crippen LogP) is -0.0716. The number of rotatable bonds is 5. The maximum Gasteiger partial charge on any atom is 0.407 e. The largest absolute Gasteiger partial charge is 0.449 e. The zero-order valence-corrected chi connectivity index (χ0v) is 7.82. The van der Waals surface area contributed by atoms with Crippen molar-refractivity contribution in [2.24, 2.45) is 5.92 Å². The van der Waals surface area contributed by atoms with Crippen LogP contribution in [0, 0.1) is 5.92 Å². The maximum absolute atomic E-state index is 10.9. The number of carbonyl (C=O) groups is 2. The second kappa shape index (κ2) is 6.42. The lowest BCUT2D eigenvalue weighted by atomic mass is 10.2. The molecule has 76 valence electrons. The molecule has 5 nitrogen and oxygen atoms in total. The van der Waals surface area contributed by atoms with Gasteiger partial charge in [0.15, 0.2) is 0 Å². The third kappa shape index (κ3) is 6.10. The van der Waals surface area contributed by atoms with E-state index in [1.165, 1.54) is 0 Å². The fourth-order valence-electron chi connectivity index (χ4n) is 0.558. The van der Waals surface area contributed by atoms with Gasteiger partial charge in [-0.25, -0.2) is 4.79 Å². The molecule has 0 aromatic heterocycles. The molecular formula is C8H15NO4. The molecule has 0 rings (SSSR count). The SMILES string of the molecule is CC(C)COC(=O)N[C@@H](C=O)CO. The minimum atomic E-state index is -0.875. The lowest BCUT2D eigenvalue weighted by Crippen LogP contribution is -2.39. The third-order valence-electron chi connectivity index (χ3n) is 1.21. The summed E-state index contributed by atoms with van der Waals surface area (Å²) < 4.78 is 4.72. The van der Waals surface area contributed by atoms with Crippen LogP contribution in [0.4, 0.5) is 4.79 Å². The third-order valence-corrected chi connectivity index (χ3v) is 1.21. The number of hydrogen-bond acceptors (Lipinski definition) is 4. The highest BCUT2D eigenvalue weighted by Crippen LogP contribution is 1.92. The first kappa shape index (κ1) is 11.9. The average molecular weight is 189 g/mol. The van der Waals surface area contributed by atoms with Gasteiger partial charge in [-0.15, -0.1) is 0 Å². The number of hydrogen-bond donors (Lipinski definition) is 2. The molecule has 0 spiro atoms. The van der Waals surface area contributed by atoms with Crippen molar-refractivity contribution in [3.63, 3.8) is 0 Å². The minimum absolute atomic E-state index is 0.245. The molecule has 0 aliphatic carbocycles. The topological polar surface area (TPSA) is 75.6 Å². The van der Waals surface area contributed by atoms with E-state index in [0.717, 1.165) is 0 Å². The summed E-state index contributed by atoms with van der Waals surface area (Å²) in [4.78, 5) is 21.1. The van der Waals surface area contributed by atoms with E-state index < -0.39 is 18.7 Å². The molecule has 1 atom stereocenters. The lowest BCUT2D eigenvalue weighted by molar-refractivity contribution is -0.110. The van der Waals surface area contributed by atoms with Crippen molar-refractivity contribution in [3.8, 4) is 0 Å². The van der Waals surface area contributed by atoms with Crippen molar-refractivity contribution < 1.29 is 19.4 Å². The van der Waals surface area contributed by atoms with Crippen LogP contribution in [-0.4, -0.2) is 36.7 Å². The van der Waals surface area contributed by atoms with E-state index in [-0.39, 0.29) is 5.92 Å². The summed E-state index contributed by atoms with van der Waals surface area (Å²) in [5.74, 6) is 0.245. The van der Waals surface area contributed by atoms with Gasteiger partial charge in [0.2, 0.25) is 0 Å². The zero-order valence-electron chi connectivity index (χ0n) is 7.82. The highest BCUT2D eigenvalue weighted by molar-refractivity contribution is 5.73. The second-order valence-electron chi connectivity index (χ2n) is 3.06. The molecule has 0 radical (unpaired) electrons. The number of amides is 1. The van der Waals surface area contributed by atoms with Crippen molar-refractivity contribution in [1.82, 2.24) is 5.32 Å². The van der Waals surface area contributed by atoms with Crippen LogP contribution in [0.1, 0.15) is 13.8 Å². The quantitative estimate of drug-likeness (QED) is 0.593. The summed E-state index contributed by atoms with van der Waals surface area (Å²) in [6.45, 7) is 3.68. The van der Waals surface area contributed by atoms with Crippen LogP contribution in [0.15, 0.2) is 0 Å². The van der Waals surface area contributed by atoms with E-state index in [1.807, 2.05) is 13.8 Å². The Labute approximate surface area is 77.1 Å². The average Bonchev–Trinajstić information content (AvgIpc) is 2.10. The summed E-state index contributed by atoms with van der Waals surface area (Å²) in [6, 6.07) is -0.875. The molecule has 0 bridgehead atoms. The molecule has 0 heterocycles. The van der Waals surface area contributed by atoms with E-state index in [0.29, 0.717) is 12.9 Å². The monoisotopic (exact) mass is 189 g/mol. The smallest absolute Gasteiger partial charge is 0.407 e. The van der Waals surface area contributed by atoms with Gasteiger partial charge >= 0.3 is 6.09 Å². The van der Waals surface area contributed by atoms with Gasteiger partial charge in [0.25, 0.3) is 0 Å². The molecular weight excluding hydrogens is 174 g/mol. The Morgan fingerprint density at radius 2 is 2.23 bits per heavy atom. The van der Waals surface area contributed by atoms with Crippen molar-refractivity contribution in [1.29, 1.82) is 0 Å². The summed E-state index contributed by atoms with van der Waals surface area (Å²) in [7, 11) is 0. The van der Waals surface area contributed by atoms with Gasteiger partial charge in [0, 0.05) is 0 Å². The Morgan fingerprint density at radius 3 is 2.62 bits per heavy atom. The highest BCUT2D eigenvalue weighted by Gasteiger charge is 2.10. The number of carbonyl (C=O) groups excluding carboxylic acids is 2. The van der Waals surface area contributed by atoms with Crippen LogP contribution in [0.25, 0.3) is 0 Å². The first-order valence-electron chi connectivity index (χ1n) is 4.09. The summed E-state index contributed by atoms with van der Waals surface area (Å²) >= 11 is 0. The van der Waals surface area contributed by atoms with Crippen LogP contribution in [0.2, 0.25) is 0 Å². The summed E-state index contributed by atoms with van der Waals surface area (Å²) in [5.41, 5.74) is 0. The van der Waals surface area contributed by atoms with E-state index in [9.17, 15) is 9.59 Å². The first-order valence-corrected chi connectivity index (χ1v) is 4.09. The standard InChI is InChI=1S/C8H15NO4/c1-6(2)5-13-8(12)9-7(3-10)4-11/h3,6-7,11H,4-5H2,1-2H3,(H,9,12)/t7-/m0/s1. The van der Waals surface area contributed by atoms with Gasteiger partial charge in [-0.2, -0.15) is 0 Å². The molecule has 13 heavy (non-hydrogen) atoms. The second-order valence-corrected chi connectivity index (χ2v) is 3.06. The predicted molar refractivity (Wildman–Crippen MR) is 46.3 cm³/mol. The molecule has 0 aliphatic rings. The van der Waals surface area contributed by atoms with Crippen LogP contribution < -0.4 is 5.32 Å². The molecule has 2 N–H and O–H groups in total. The Balaban J connectivity index is 3.66. The van der Waals surface area contributed by atoms with E-state index in [2.05, 4.69) is 5.32 Å². The summed E-state index contributed by atoms with van der Waals surface area (Å²) in [5, 5.41) is 10.7. The zero-order chi connectivity index (χ0) is 10.3. The fourth-order valence-corrected chi connectivity index (χ4v) is 0.558. The van der Waals surface area contributed by atoms with Crippen LogP contribution in [-0.2, 0) is 9.53 Å². The Morgan fingerprint density at radius 1 is 1.62 bits per heavy atom. The molecule has 0 saturated heterocycles. The number of aliphatic hydroxyl groups is 1. The van der Waals surface area contributed by atoms with Gasteiger partial charge < -0.3 is 20.0 Å². The molecule has 0 aliphatic heterocycles. The number of aliphatic hydroxyl groups excluding tert-OH is 1. The van der Waals surface area contributed by atoms with Crippen molar-refractivity contribution in [2.45, 2.75) is 19.9 Å². The van der Waals surface area contributed by atoms with Gasteiger partial charge in [-0.1, -0.05) is 13.8 Å². The van der Waals surface area contributed by atoms with Gasteiger partial charge in [0.1, 0.15) is 12.3 Å². The lowest BCUT2D eigenvalue weighted by Gasteiger charge is -2.11. The van der Waals surface area contributed by atoms with Crippen LogP contribution in [0.3, 0.4) is 0 Å². The Kier molecular flexibility index (Phi) is 5.88. The van der Waals surface area contributed by atoms with E-state index in [1.54, 1.807) is 0 Å². The van der Waals surface area contributed by atoms with Gasteiger partial charge in [-0.05, 0) is 5.92 Å². The normalized spacial score (nSPS) is 12.3. The first-order chi connectivity index (χ1) is 6.10. The van der Waals surface area contributed by atoms with Crippen molar-refractivity contribution in [2.75, 3.05) is 13.2 Å². The highest BCUT2D eigenvalue weighted by atomic mass is 16.5. The number of alkyl carbamates (subject to hydrolysis) is 1. The van der Waals surface area contributed by atoms with E-state index in [4.69, 9.17) is 9.84 Å². The molecule has 0 aromatic carbocycles. The van der Waals surface area contributed by atoms with E-state index >= 15 is 0 Å². The number of aldehydes is 1. The fraction of sp³-hybridized carbons (Fsp3) is 0.750. The van der Waals surface area contributed by atoms with Crippen molar-refractivity contribution >= 4 is 12.4 Å². The summed E-state index contributed by atoms with van der Waals surface area (Å²) in [6.07, 6.45) is -0.226. The van der Waals surface area contributed by atoms with Crippen molar-refractivity contribution in [3.05, 3.63) is 0 Å². The Hall–Kier alpha value is -1.10. The number of ether oxygens (including phenoxy) is 1. The minimum Gasteiger partial charge on any atom is -0.449 e. The molecule has 0 aromatic rings. The number of nitrogens with one attached hydrogen (secondary N) is 1. The molecule has 0 unspecified atom stereocenters. The van der Waals surface area contributed by atoms with Crippen LogP contribution >= 0.6 is 0 Å².